The number of hydrogen-bond acceptors (Lipinski definition) is 5. The van der Waals surface area contributed by atoms with Gasteiger partial charge in [0.05, 0.1) is 11.3 Å². The average molecular weight is 498 g/mol. The van der Waals surface area contributed by atoms with Crippen molar-refractivity contribution < 1.29 is 9.84 Å². The maximum atomic E-state index is 10.7. The lowest BCUT2D eigenvalue weighted by atomic mass is 9.90. The van der Waals surface area contributed by atoms with E-state index in [4.69, 9.17) is 4.74 Å². The molecular weight excluding hydrogens is 458 g/mol. The molecular formula is C32H39N3O2. The largest absolute Gasteiger partial charge is 0.487 e. The first-order chi connectivity index (χ1) is 17.8. The molecule has 2 aliphatic rings. The smallest absolute Gasteiger partial charge is 0.131 e. The van der Waals surface area contributed by atoms with E-state index in [1.165, 1.54) is 17.7 Å². The number of anilines is 1. The molecule has 1 atom stereocenters. The highest BCUT2D eigenvalue weighted by Gasteiger charge is 2.27. The lowest BCUT2D eigenvalue weighted by molar-refractivity contribution is 0.0785. The van der Waals surface area contributed by atoms with Gasteiger partial charge in [0.25, 0.3) is 0 Å². The van der Waals surface area contributed by atoms with E-state index in [1.54, 1.807) is 0 Å². The van der Waals surface area contributed by atoms with E-state index < -0.39 is 5.60 Å². The van der Waals surface area contributed by atoms with Crippen LogP contribution in [0, 0.1) is 6.92 Å². The number of likely N-dealkylation sites (N-methyl/N-ethyl adjacent to an activating group) is 1. The van der Waals surface area contributed by atoms with Gasteiger partial charge in [0.15, 0.2) is 0 Å². The Bertz CT molecular complexity index is 1260. The van der Waals surface area contributed by atoms with Crippen molar-refractivity contribution in [3.63, 3.8) is 0 Å². The van der Waals surface area contributed by atoms with Gasteiger partial charge in [0.2, 0.25) is 0 Å². The molecule has 3 heterocycles. The van der Waals surface area contributed by atoms with Crippen LogP contribution in [0.4, 0.5) is 5.69 Å². The zero-order chi connectivity index (χ0) is 26.0. The van der Waals surface area contributed by atoms with Gasteiger partial charge in [-0.2, -0.15) is 0 Å². The Balaban J connectivity index is 1.35. The molecule has 194 valence electrons. The molecule has 1 aromatic heterocycles. The number of benzene rings is 2. The molecule has 1 saturated heterocycles. The van der Waals surface area contributed by atoms with Crippen LogP contribution >= 0.6 is 0 Å². The second-order valence-corrected chi connectivity index (χ2v) is 10.8. The van der Waals surface area contributed by atoms with Crippen molar-refractivity contribution in [3.05, 3.63) is 94.8 Å². The number of hydrogen-bond donors (Lipinski definition) is 1. The lowest BCUT2D eigenvalue weighted by Gasteiger charge is -2.30. The van der Waals surface area contributed by atoms with Crippen LogP contribution in [0.25, 0.3) is 5.57 Å². The monoisotopic (exact) mass is 497 g/mol. The van der Waals surface area contributed by atoms with Crippen LogP contribution in [-0.2, 0) is 12.2 Å². The van der Waals surface area contributed by atoms with E-state index in [0.29, 0.717) is 12.6 Å². The van der Waals surface area contributed by atoms with Crippen LogP contribution in [0.2, 0.25) is 0 Å². The second kappa shape index (κ2) is 10.7. The number of aromatic nitrogens is 1. The maximum Gasteiger partial charge on any atom is 0.131 e. The standard InChI is InChI=1S/C32H39N3O2/c1-5-35(25-13-10-23(2)11-14-25)26-16-19-34(21-26)18-7-9-27-28-8-6-17-33-30(28)22-37-31-15-12-24(20-29(27)31)32(3,4)36/h6,8-15,17,20,26,36H,5,7,16,18-19,21-22H2,1-4H3/b27-9+/t26-/m1/s1. The molecule has 3 aromatic rings. The van der Waals surface area contributed by atoms with E-state index in [9.17, 15) is 5.11 Å². The molecule has 1 fully saturated rings. The van der Waals surface area contributed by atoms with Gasteiger partial charge in [-0.1, -0.05) is 35.9 Å². The molecule has 2 aromatic carbocycles. The van der Waals surface area contributed by atoms with Crippen molar-refractivity contribution in [2.24, 2.45) is 0 Å². The first-order valence-electron chi connectivity index (χ1n) is 13.5. The first-order valence-corrected chi connectivity index (χ1v) is 13.5. The molecule has 2 aliphatic heterocycles. The highest BCUT2D eigenvalue weighted by molar-refractivity contribution is 5.84. The van der Waals surface area contributed by atoms with Gasteiger partial charge in [-0.3, -0.25) is 4.98 Å². The van der Waals surface area contributed by atoms with Crippen molar-refractivity contribution in [2.75, 3.05) is 31.1 Å². The second-order valence-electron chi connectivity index (χ2n) is 10.8. The fourth-order valence-corrected chi connectivity index (χ4v) is 5.61. The molecule has 0 radical (unpaired) electrons. The van der Waals surface area contributed by atoms with Crippen molar-refractivity contribution in [1.29, 1.82) is 0 Å². The van der Waals surface area contributed by atoms with Gasteiger partial charge < -0.3 is 19.6 Å². The summed E-state index contributed by atoms with van der Waals surface area (Å²) in [7, 11) is 0. The molecule has 0 saturated carbocycles. The fourth-order valence-electron chi connectivity index (χ4n) is 5.61. The van der Waals surface area contributed by atoms with Crippen LogP contribution in [0.5, 0.6) is 5.75 Å². The summed E-state index contributed by atoms with van der Waals surface area (Å²) in [5, 5.41) is 10.7. The maximum absolute atomic E-state index is 10.7. The zero-order valence-corrected chi connectivity index (χ0v) is 22.6. The molecule has 5 nitrogen and oxygen atoms in total. The number of pyridine rings is 1. The molecule has 0 bridgehead atoms. The number of fused-ring (bicyclic) bond motifs is 2. The highest BCUT2D eigenvalue weighted by Crippen LogP contribution is 2.38. The average Bonchev–Trinajstić information content (AvgIpc) is 3.28. The molecule has 5 rings (SSSR count). The van der Waals surface area contributed by atoms with Crippen molar-refractivity contribution in [1.82, 2.24) is 9.88 Å². The molecule has 0 spiro atoms. The third kappa shape index (κ3) is 5.58. The highest BCUT2D eigenvalue weighted by atomic mass is 16.5. The summed E-state index contributed by atoms with van der Waals surface area (Å²) in [4.78, 5) is 9.75. The Morgan fingerprint density at radius 3 is 2.70 bits per heavy atom. The van der Waals surface area contributed by atoms with Crippen LogP contribution in [-0.4, -0.2) is 47.2 Å². The van der Waals surface area contributed by atoms with Crippen LogP contribution in [0.1, 0.15) is 61.6 Å². The summed E-state index contributed by atoms with van der Waals surface area (Å²) in [6, 6.07) is 19.6. The zero-order valence-electron chi connectivity index (χ0n) is 22.6. The normalized spacial score (nSPS) is 18.7. The number of nitrogens with zero attached hydrogens (tertiary/aromatic N) is 3. The molecule has 37 heavy (non-hydrogen) atoms. The van der Waals surface area contributed by atoms with Crippen LogP contribution < -0.4 is 9.64 Å². The van der Waals surface area contributed by atoms with Crippen molar-refractivity contribution >= 4 is 11.3 Å². The summed E-state index contributed by atoms with van der Waals surface area (Å²) in [5.74, 6) is 0.843. The minimum Gasteiger partial charge on any atom is -0.487 e. The van der Waals surface area contributed by atoms with E-state index in [0.717, 1.165) is 66.3 Å². The number of rotatable bonds is 7. The van der Waals surface area contributed by atoms with Crippen molar-refractivity contribution in [2.45, 2.75) is 58.8 Å². The minimum atomic E-state index is -0.919. The number of ether oxygens (including phenoxy) is 1. The van der Waals surface area contributed by atoms with E-state index in [2.05, 4.69) is 71.1 Å². The molecule has 5 heteroatoms. The van der Waals surface area contributed by atoms with E-state index in [1.807, 2.05) is 38.2 Å². The fraction of sp³-hybridized carbons (Fsp3) is 0.406. The summed E-state index contributed by atoms with van der Waals surface area (Å²) in [6.07, 6.45) is 6.30. The SMILES string of the molecule is CCN(c1ccc(C)cc1)[C@@H]1CCN(CC/C=C2/c3cc(C(C)(C)O)ccc3OCc3ncccc32)C1. The van der Waals surface area contributed by atoms with Gasteiger partial charge in [-0.15, -0.1) is 0 Å². The third-order valence-corrected chi connectivity index (χ3v) is 7.71. The Hall–Kier alpha value is -3.15. The van der Waals surface area contributed by atoms with Gasteiger partial charge in [-0.25, -0.2) is 0 Å². The third-order valence-electron chi connectivity index (χ3n) is 7.71. The number of aryl methyl sites for hydroxylation is 1. The van der Waals surface area contributed by atoms with E-state index in [-0.39, 0.29) is 0 Å². The summed E-state index contributed by atoms with van der Waals surface area (Å²) in [6.45, 7) is 12.7. The van der Waals surface area contributed by atoms with Gasteiger partial charge >= 0.3 is 0 Å². The Labute approximate surface area is 221 Å². The molecule has 0 aliphatic carbocycles. The quantitative estimate of drug-likeness (QED) is 0.438. The Morgan fingerprint density at radius 2 is 1.95 bits per heavy atom. The van der Waals surface area contributed by atoms with Crippen LogP contribution in [0.3, 0.4) is 0 Å². The lowest BCUT2D eigenvalue weighted by Crippen LogP contribution is -2.37. The van der Waals surface area contributed by atoms with Gasteiger partial charge in [-0.05, 0) is 82.0 Å². The minimum absolute atomic E-state index is 0.446. The Morgan fingerprint density at radius 1 is 1.14 bits per heavy atom. The summed E-state index contributed by atoms with van der Waals surface area (Å²) < 4.78 is 6.15. The predicted molar refractivity (Wildman–Crippen MR) is 151 cm³/mol. The number of likely N-dealkylation sites (tertiary alicyclic amines) is 1. The molecule has 0 amide bonds. The molecule has 0 unspecified atom stereocenters. The van der Waals surface area contributed by atoms with Crippen molar-refractivity contribution in [3.8, 4) is 5.75 Å². The van der Waals surface area contributed by atoms with Gasteiger partial charge in [0, 0.05) is 55.2 Å². The van der Waals surface area contributed by atoms with E-state index >= 15 is 0 Å². The molecule has 1 N–H and O–H groups in total. The number of aliphatic hydroxyl groups is 1. The Kier molecular flexibility index (Phi) is 7.36. The van der Waals surface area contributed by atoms with Crippen LogP contribution in [0.15, 0.2) is 66.9 Å². The topological polar surface area (TPSA) is 48.8 Å². The first kappa shape index (κ1) is 25.5. The van der Waals surface area contributed by atoms with Gasteiger partial charge in [0.1, 0.15) is 12.4 Å². The summed E-state index contributed by atoms with van der Waals surface area (Å²) >= 11 is 0. The predicted octanol–water partition coefficient (Wildman–Crippen LogP) is 5.93. The summed E-state index contributed by atoms with van der Waals surface area (Å²) in [5.41, 5.74) is 6.83.